The molecule has 2 rings (SSSR count). The largest absolute Gasteiger partial charge is 0.369 e. The molecule has 7 heteroatoms. The zero-order valence-electron chi connectivity index (χ0n) is 13.0. The van der Waals surface area contributed by atoms with E-state index in [-0.39, 0.29) is 30.8 Å². The summed E-state index contributed by atoms with van der Waals surface area (Å²) in [5.41, 5.74) is 5.92. The lowest BCUT2D eigenvalue weighted by Gasteiger charge is -2.22. The molecule has 2 N–H and O–H groups in total. The smallest absolute Gasteiger partial charge is 0.236 e. The van der Waals surface area contributed by atoms with E-state index in [9.17, 15) is 14.0 Å². The van der Waals surface area contributed by atoms with Crippen LogP contribution in [0.15, 0.2) is 18.2 Å². The highest BCUT2D eigenvalue weighted by Crippen LogP contribution is 2.16. The van der Waals surface area contributed by atoms with Crippen molar-refractivity contribution in [2.75, 3.05) is 26.7 Å². The number of nitrogens with zero attached hydrogens (tertiary/aromatic N) is 3. The van der Waals surface area contributed by atoms with Crippen molar-refractivity contribution in [3.8, 4) is 6.07 Å². The van der Waals surface area contributed by atoms with Gasteiger partial charge in [-0.25, -0.2) is 4.39 Å². The molecule has 1 aromatic carbocycles. The topological polar surface area (TPSA) is 90.4 Å². The van der Waals surface area contributed by atoms with Crippen molar-refractivity contribution in [3.63, 3.8) is 0 Å². The predicted octanol–water partition coefficient (Wildman–Crippen LogP) is 0.463. The number of nitriles is 1. The lowest BCUT2D eigenvalue weighted by Crippen LogP contribution is -2.38. The van der Waals surface area contributed by atoms with E-state index < -0.39 is 5.82 Å². The van der Waals surface area contributed by atoms with Gasteiger partial charge in [-0.2, -0.15) is 5.26 Å². The molecule has 1 heterocycles. The third kappa shape index (κ3) is 4.27. The number of rotatable bonds is 5. The zero-order chi connectivity index (χ0) is 17.0. The number of hydrogen-bond acceptors (Lipinski definition) is 4. The minimum Gasteiger partial charge on any atom is -0.369 e. The number of benzene rings is 1. The van der Waals surface area contributed by atoms with Crippen LogP contribution in [0.5, 0.6) is 0 Å². The molecule has 0 bridgehead atoms. The van der Waals surface area contributed by atoms with Gasteiger partial charge >= 0.3 is 0 Å². The lowest BCUT2D eigenvalue weighted by atomic mass is 10.1. The van der Waals surface area contributed by atoms with Crippen molar-refractivity contribution < 1.29 is 14.0 Å². The van der Waals surface area contributed by atoms with Crippen molar-refractivity contribution in [3.05, 3.63) is 35.1 Å². The zero-order valence-corrected chi connectivity index (χ0v) is 13.0. The van der Waals surface area contributed by atoms with Gasteiger partial charge in [0, 0.05) is 25.7 Å². The van der Waals surface area contributed by atoms with Crippen LogP contribution in [0.2, 0.25) is 0 Å². The standard InChI is InChI=1S/C16H19FN4O2/c1-20(8-13-6-11(7-18)2-3-14(13)17)15(22)10-21-5-4-12(9-21)16(19)23/h2-3,6,12H,4-5,8-10H2,1H3,(H2,19,23). The molecule has 1 aromatic rings. The van der Waals surface area contributed by atoms with Crippen molar-refractivity contribution in [1.82, 2.24) is 9.80 Å². The molecule has 1 saturated heterocycles. The molecule has 0 radical (unpaired) electrons. The molecule has 0 aromatic heterocycles. The number of nitrogens with two attached hydrogens (primary N) is 1. The van der Waals surface area contributed by atoms with Gasteiger partial charge in [-0.1, -0.05) is 0 Å². The first-order valence-electron chi connectivity index (χ1n) is 7.35. The maximum absolute atomic E-state index is 13.8. The number of carbonyl (C=O) groups is 2. The molecule has 0 saturated carbocycles. The summed E-state index contributed by atoms with van der Waals surface area (Å²) in [4.78, 5) is 26.6. The van der Waals surface area contributed by atoms with Gasteiger partial charge in [-0.05, 0) is 31.2 Å². The SMILES string of the molecule is CN(Cc1cc(C#N)ccc1F)C(=O)CN1CCC(C(N)=O)C1. The number of likely N-dealkylation sites (tertiary alicyclic amines) is 1. The van der Waals surface area contributed by atoms with Crippen LogP contribution in [0.1, 0.15) is 17.5 Å². The van der Waals surface area contributed by atoms with Crippen LogP contribution in [0.3, 0.4) is 0 Å². The molecule has 2 amide bonds. The molecule has 122 valence electrons. The Morgan fingerprint density at radius 2 is 2.26 bits per heavy atom. The van der Waals surface area contributed by atoms with E-state index in [1.165, 1.54) is 23.1 Å². The molecule has 1 aliphatic heterocycles. The van der Waals surface area contributed by atoms with Crippen LogP contribution in [-0.4, -0.2) is 48.3 Å². The average Bonchev–Trinajstić information content (AvgIpc) is 2.98. The Balaban J connectivity index is 1.93. The molecule has 6 nitrogen and oxygen atoms in total. The van der Waals surface area contributed by atoms with Crippen LogP contribution >= 0.6 is 0 Å². The second-order valence-electron chi connectivity index (χ2n) is 5.79. The number of carbonyl (C=O) groups excluding carboxylic acids is 2. The number of likely N-dealkylation sites (N-methyl/N-ethyl adjacent to an activating group) is 1. The first-order chi connectivity index (χ1) is 10.9. The lowest BCUT2D eigenvalue weighted by molar-refractivity contribution is -0.131. The fraction of sp³-hybridized carbons (Fsp3) is 0.438. The number of amides is 2. The van der Waals surface area contributed by atoms with Gasteiger partial charge in [0.25, 0.3) is 0 Å². The molecule has 0 spiro atoms. The van der Waals surface area contributed by atoms with Crippen LogP contribution < -0.4 is 5.73 Å². The van der Waals surface area contributed by atoms with Gasteiger partial charge in [0.2, 0.25) is 11.8 Å². The summed E-state index contributed by atoms with van der Waals surface area (Å²) in [5.74, 6) is -1.17. The summed E-state index contributed by atoms with van der Waals surface area (Å²) in [5, 5.41) is 8.86. The Bertz CT molecular complexity index is 656. The van der Waals surface area contributed by atoms with Gasteiger partial charge in [0.1, 0.15) is 5.82 Å². The van der Waals surface area contributed by atoms with Gasteiger partial charge in [-0.15, -0.1) is 0 Å². The summed E-state index contributed by atoms with van der Waals surface area (Å²) in [6.07, 6.45) is 0.658. The Morgan fingerprint density at radius 3 is 2.87 bits per heavy atom. The fourth-order valence-electron chi connectivity index (χ4n) is 2.63. The van der Waals surface area contributed by atoms with Crippen LogP contribution in [0.4, 0.5) is 4.39 Å². The van der Waals surface area contributed by atoms with Gasteiger partial charge < -0.3 is 10.6 Å². The Labute approximate surface area is 134 Å². The monoisotopic (exact) mass is 318 g/mol. The van der Waals surface area contributed by atoms with E-state index in [0.29, 0.717) is 30.6 Å². The second-order valence-corrected chi connectivity index (χ2v) is 5.79. The van der Waals surface area contributed by atoms with E-state index in [2.05, 4.69) is 0 Å². The fourth-order valence-corrected chi connectivity index (χ4v) is 2.63. The van der Waals surface area contributed by atoms with Crippen molar-refractivity contribution in [1.29, 1.82) is 5.26 Å². The van der Waals surface area contributed by atoms with Crippen LogP contribution in [-0.2, 0) is 16.1 Å². The van der Waals surface area contributed by atoms with Crippen molar-refractivity contribution in [2.24, 2.45) is 11.7 Å². The van der Waals surface area contributed by atoms with E-state index in [0.717, 1.165) is 0 Å². The molecule has 23 heavy (non-hydrogen) atoms. The predicted molar refractivity (Wildman–Crippen MR) is 81.3 cm³/mol. The summed E-state index contributed by atoms with van der Waals surface area (Å²) in [7, 11) is 1.59. The summed E-state index contributed by atoms with van der Waals surface area (Å²) in [6.45, 7) is 1.38. The van der Waals surface area contributed by atoms with E-state index in [4.69, 9.17) is 11.0 Å². The highest BCUT2D eigenvalue weighted by atomic mass is 19.1. The van der Waals surface area contributed by atoms with E-state index >= 15 is 0 Å². The summed E-state index contributed by atoms with van der Waals surface area (Å²) in [6, 6.07) is 6.02. The first kappa shape index (κ1) is 16.9. The van der Waals surface area contributed by atoms with Gasteiger partial charge in [0.15, 0.2) is 0 Å². The van der Waals surface area contributed by atoms with Gasteiger partial charge in [-0.3, -0.25) is 14.5 Å². The van der Waals surface area contributed by atoms with Crippen molar-refractivity contribution in [2.45, 2.75) is 13.0 Å². The maximum Gasteiger partial charge on any atom is 0.236 e. The first-order valence-corrected chi connectivity index (χ1v) is 7.35. The van der Waals surface area contributed by atoms with Gasteiger partial charge in [0.05, 0.1) is 24.1 Å². The van der Waals surface area contributed by atoms with E-state index in [1.807, 2.05) is 11.0 Å². The second kappa shape index (κ2) is 7.20. The normalized spacial score (nSPS) is 17.7. The Kier molecular flexibility index (Phi) is 5.29. The van der Waals surface area contributed by atoms with E-state index in [1.54, 1.807) is 7.05 Å². The quantitative estimate of drug-likeness (QED) is 0.854. The summed E-state index contributed by atoms with van der Waals surface area (Å²) < 4.78 is 13.8. The highest BCUT2D eigenvalue weighted by molar-refractivity contribution is 5.79. The molecular formula is C16H19FN4O2. The summed E-state index contributed by atoms with van der Waals surface area (Å²) >= 11 is 0. The highest BCUT2D eigenvalue weighted by Gasteiger charge is 2.28. The minimum atomic E-state index is -0.446. The molecular weight excluding hydrogens is 299 g/mol. The molecule has 1 fully saturated rings. The number of primary amides is 1. The molecule has 1 unspecified atom stereocenters. The molecule has 0 aliphatic carbocycles. The number of hydrogen-bond donors (Lipinski definition) is 1. The third-order valence-corrected chi connectivity index (χ3v) is 4.04. The molecule has 1 aliphatic rings. The number of halogens is 1. The van der Waals surface area contributed by atoms with Crippen LogP contribution in [0, 0.1) is 23.1 Å². The van der Waals surface area contributed by atoms with Crippen LogP contribution in [0.25, 0.3) is 0 Å². The maximum atomic E-state index is 13.8. The minimum absolute atomic E-state index is 0.0906. The Morgan fingerprint density at radius 1 is 1.52 bits per heavy atom. The molecule has 1 atom stereocenters. The van der Waals surface area contributed by atoms with Crippen molar-refractivity contribution >= 4 is 11.8 Å². The third-order valence-electron chi connectivity index (χ3n) is 4.04. The average molecular weight is 318 g/mol. The Hall–Kier alpha value is -2.46.